The maximum Gasteiger partial charge on any atom is 0.234 e. The minimum absolute atomic E-state index is 0.0639. The first-order chi connectivity index (χ1) is 12.0. The standard InChI is InChI=1S/C16H19N5O2S2/c1-12-17-18-16-21(12)19-15(24-16)14-7-9-20(10-8-14)25(22,23)11-13-5-3-2-4-6-13/h2-6,14H,7-11H2,1H3. The van der Waals surface area contributed by atoms with Crippen molar-refractivity contribution in [3.05, 3.63) is 46.7 Å². The molecule has 0 amide bonds. The number of hydrogen-bond donors (Lipinski definition) is 0. The Morgan fingerprint density at radius 3 is 2.56 bits per heavy atom. The van der Waals surface area contributed by atoms with Crippen LogP contribution in [0.3, 0.4) is 0 Å². The molecule has 1 aromatic carbocycles. The Balaban J connectivity index is 1.43. The molecule has 3 heterocycles. The van der Waals surface area contributed by atoms with Gasteiger partial charge in [0.15, 0.2) is 5.82 Å². The number of benzene rings is 1. The van der Waals surface area contributed by atoms with Gasteiger partial charge in [-0.25, -0.2) is 12.7 Å². The summed E-state index contributed by atoms with van der Waals surface area (Å²) in [6.07, 6.45) is 1.58. The molecule has 132 valence electrons. The minimum atomic E-state index is -3.27. The van der Waals surface area contributed by atoms with Gasteiger partial charge in [0.05, 0.1) is 5.75 Å². The first kappa shape index (κ1) is 16.6. The molecule has 0 spiro atoms. The number of hydrogen-bond acceptors (Lipinski definition) is 6. The number of sulfonamides is 1. The number of nitrogens with zero attached hydrogens (tertiary/aromatic N) is 5. The van der Waals surface area contributed by atoms with Crippen molar-refractivity contribution in [2.45, 2.75) is 31.4 Å². The molecule has 3 aromatic rings. The van der Waals surface area contributed by atoms with Crippen molar-refractivity contribution in [3.8, 4) is 0 Å². The Hall–Kier alpha value is -1.84. The summed E-state index contributed by atoms with van der Waals surface area (Å²) in [6.45, 7) is 2.96. The average molecular weight is 377 g/mol. The van der Waals surface area contributed by atoms with Crippen LogP contribution in [-0.2, 0) is 15.8 Å². The van der Waals surface area contributed by atoms with Gasteiger partial charge in [-0.1, -0.05) is 41.7 Å². The Morgan fingerprint density at radius 2 is 1.88 bits per heavy atom. The van der Waals surface area contributed by atoms with E-state index >= 15 is 0 Å². The second kappa shape index (κ2) is 6.47. The van der Waals surface area contributed by atoms with Gasteiger partial charge in [0.25, 0.3) is 0 Å². The van der Waals surface area contributed by atoms with Gasteiger partial charge in [0.1, 0.15) is 5.01 Å². The maximum atomic E-state index is 12.6. The van der Waals surface area contributed by atoms with Crippen LogP contribution in [0.2, 0.25) is 0 Å². The Kier molecular flexibility index (Phi) is 4.30. The lowest BCUT2D eigenvalue weighted by molar-refractivity contribution is 0.318. The van der Waals surface area contributed by atoms with Gasteiger partial charge in [-0.2, -0.15) is 9.61 Å². The predicted octanol–water partition coefficient (Wildman–Crippen LogP) is 2.20. The molecule has 0 N–H and O–H groups in total. The summed E-state index contributed by atoms with van der Waals surface area (Å²) in [6, 6.07) is 9.33. The van der Waals surface area contributed by atoms with Crippen LogP contribution in [0.25, 0.3) is 4.96 Å². The van der Waals surface area contributed by atoms with E-state index in [1.807, 2.05) is 37.3 Å². The molecule has 25 heavy (non-hydrogen) atoms. The Labute approximate surface area is 150 Å². The quantitative estimate of drug-likeness (QED) is 0.696. The molecular weight excluding hydrogens is 358 g/mol. The van der Waals surface area contributed by atoms with Gasteiger partial charge in [0, 0.05) is 19.0 Å². The highest BCUT2D eigenvalue weighted by atomic mass is 32.2. The summed E-state index contributed by atoms with van der Waals surface area (Å²) < 4.78 is 28.6. The summed E-state index contributed by atoms with van der Waals surface area (Å²) >= 11 is 1.55. The Morgan fingerprint density at radius 1 is 1.16 bits per heavy atom. The zero-order chi connectivity index (χ0) is 17.4. The third kappa shape index (κ3) is 3.31. The van der Waals surface area contributed by atoms with Crippen LogP contribution < -0.4 is 0 Å². The number of aryl methyl sites for hydroxylation is 1. The molecule has 0 atom stereocenters. The lowest BCUT2D eigenvalue weighted by Crippen LogP contribution is -2.38. The van der Waals surface area contributed by atoms with E-state index in [4.69, 9.17) is 0 Å². The highest BCUT2D eigenvalue weighted by Crippen LogP contribution is 2.32. The van der Waals surface area contributed by atoms with E-state index in [1.165, 1.54) is 0 Å². The van der Waals surface area contributed by atoms with E-state index in [9.17, 15) is 8.42 Å². The highest BCUT2D eigenvalue weighted by Gasteiger charge is 2.30. The lowest BCUT2D eigenvalue weighted by Gasteiger charge is -2.30. The fourth-order valence-corrected chi connectivity index (χ4v) is 5.77. The van der Waals surface area contributed by atoms with Crippen LogP contribution >= 0.6 is 11.3 Å². The van der Waals surface area contributed by atoms with Gasteiger partial charge in [-0.15, -0.1) is 10.2 Å². The number of piperidine rings is 1. The average Bonchev–Trinajstić information content (AvgIpc) is 3.18. The van der Waals surface area contributed by atoms with E-state index in [2.05, 4.69) is 15.3 Å². The van der Waals surface area contributed by atoms with Gasteiger partial charge in [-0.05, 0) is 25.3 Å². The summed E-state index contributed by atoms with van der Waals surface area (Å²) in [5.41, 5.74) is 0.828. The van der Waals surface area contributed by atoms with E-state index in [1.54, 1.807) is 20.2 Å². The van der Waals surface area contributed by atoms with Crippen molar-refractivity contribution in [2.24, 2.45) is 0 Å². The third-order valence-electron chi connectivity index (χ3n) is 4.55. The number of rotatable bonds is 4. The molecule has 4 rings (SSSR count). The van der Waals surface area contributed by atoms with Gasteiger partial charge >= 0.3 is 0 Å². The maximum absolute atomic E-state index is 12.6. The second-order valence-electron chi connectivity index (χ2n) is 6.30. The highest BCUT2D eigenvalue weighted by molar-refractivity contribution is 7.88. The molecule has 7 nitrogen and oxygen atoms in total. The fourth-order valence-electron chi connectivity index (χ4n) is 3.15. The second-order valence-corrected chi connectivity index (χ2v) is 9.25. The van der Waals surface area contributed by atoms with Crippen molar-refractivity contribution in [1.29, 1.82) is 0 Å². The molecule has 0 aliphatic carbocycles. The zero-order valence-electron chi connectivity index (χ0n) is 13.9. The van der Waals surface area contributed by atoms with Crippen LogP contribution in [0.5, 0.6) is 0 Å². The van der Waals surface area contributed by atoms with Crippen molar-refractivity contribution < 1.29 is 8.42 Å². The van der Waals surface area contributed by atoms with E-state index in [0.29, 0.717) is 13.1 Å². The van der Waals surface area contributed by atoms with Crippen LogP contribution in [0, 0.1) is 6.92 Å². The van der Waals surface area contributed by atoms with Gasteiger partial charge in [-0.3, -0.25) is 0 Å². The van der Waals surface area contributed by atoms with Crippen molar-refractivity contribution in [1.82, 2.24) is 24.1 Å². The molecule has 0 radical (unpaired) electrons. The number of fused-ring (bicyclic) bond motifs is 1. The molecular formula is C16H19N5O2S2. The van der Waals surface area contributed by atoms with Crippen molar-refractivity contribution >= 4 is 26.3 Å². The van der Waals surface area contributed by atoms with Crippen LogP contribution in [0.4, 0.5) is 0 Å². The largest absolute Gasteiger partial charge is 0.234 e. The molecule has 0 unspecified atom stereocenters. The van der Waals surface area contributed by atoms with E-state index in [0.717, 1.165) is 34.2 Å². The van der Waals surface area contributed by atoms with Crippen LogP contribution in [0.15, 0.2) is 30.3 Å². The molecule has 1 fully saturated rings. The summed E-state index contributed by atoms with van der Waals surface area (Å²) in [7, 11) is -3.27. The van der Waals surface area contributed by atoms with E-state index < -0.39 is 10.0 Å². The Bertz CT molecular complexity index is 973. The molecule has 9 heteroatoms. The van der Waals surface area contributed by atoms with Gasteiger partial charge in [0.2, 0.25) is 15.0 Å². The first-order valence-electron chi connectivity index (χ1n) is 8.23. The molecule has 1 saturated heterocycles. The SMILES string of the molecule is Cc1nnc2sc(C3CCN(S(=O)(=O)Cc4ccccc4)CC3)nn12. The normalized spacial score (nSPS) is 17.3. The smallest absolute Gasteiger partial charge is 0.212 e. The summed E-state index contributed by atoms with van der Waals surface area (Å²) in [5.74, 6) is 1.13. The molecule has 1 aliphatic rings. The van der Waals surface area contributed by atoms with Gasteiger partial charge < -0.3 is 0 Å². The number of aromatic nitrogens is 4. The molecule has 0 saturated carbocycles. The fraction of sp³-hybridized carbons (Fsp3) is 0.438. The van der Waals surface area contributed by atoms with Crippen LogP contribution in [-0.4, -0.2) is 45.6 Å². The van der Waals surface area contributed by atoms with Crippen LogP contribution in [0.1, 0.15) is 35.2 Å². The van der Waals surface area contributed by atoms with E-state index in [-0.39, 0.29) is 11.7 Å². The molecule has 2 aromatic heterocycles. The van der Waals surface area contributed by atoms with Crippen molar-refractivity contribution in [3.63, 3.8) is 0 Å². The monoisotopic (exact) mass is 377 g/mol. The topological polar surface area (TPSA) is 80.5 Å². The summed E-state index contributed by atoms with van der Waals surface area (Å²) in [4.78, 5) is 0.798. The van der Waals surface area contributed by atoms with Crippen molar-refractivity contribution in [2.75, 3.05) is 13.1 Å². The summed E-state index contributed by atoms with van der Waals surface area (Å²) in [5, 5.41) is 13.7. The zero-order valence-corrected chi connectivity index (χ0v) is 15.5. The first-order valence-corrected chi connectivity index (χ1v) is 10.7. The minimum Gasteiger partial charge on any atom is -0.212 e. The molecule has 1 aliphatic heterocycles. The lowest BCUT2D eigenvalue weighted by atomic mass is 9.99. The predicted molar refractivity (Wildman–Crippen MR) is 96.0 cm³/mol. The molecule has 0 bridgehead atoms. The third-order valence-corrected chi connectivity index (χ3v) is 7.46.